The normalized spacial score (nSPS) is 24.3. The van der Waals surface area contributed by atoms with Crippen molar-refractivity contribution in [2.24, 2.45) is 0 Å². The van der Waals surface area contributed by atoms with E-state index in [-0.39, 0.29) is 17.5 Å². The third kappa shape index (κ3) is 3.29. The second-order valence-corrected chi connectivity index (χ2v) is 8.31. The van der Waals surface area contributed by atoms with Gasteiger partial charge in [0, 0.05) is 17.0 Å². The molecule has 0 bridgehead atoms. The van der Waals surface area contributed by atoms with Gasteiger partial charge in [-0.1, -0.05) is 6.07 Å². The summed E-state index contributed by atoms with van der Waals surface area (Å²) in [7, 11) is 0. The van der Waals surface area contributed by atoms with Gasteiger partial charge in [-0.2, -0.15) is 0 Å². The summed E-state index contributed by atoms with van der Waals surface area (Å²) in [4.78, 5) is 41.8. The van der Waals surface area contributed by atoms with E-state index >= 15 is 0 Å². The highest BCUT2D eigenvalue weighted by Gasteiger charge is 2.51. The number of nitrogens with one attached hydrogen (secondary N) is 1. The second-order valence-electron chi connectivity index (χ2n) is 7.33. The Hall–Kier alpha value is -2.81. The number of urea groups is 1. The minimum Gasteiger partial charge on any atom is -0.333 e. The van der Waals surface area contributed by atoms with Crippen LogP contribution >= 0.6 is 11.3 Å². The summed E-state index contributed by atoms with van der Waals surface area (Å²) in [6.07, 6.45) is 1.65. The van der Waals surface area contributed by atoms with Crippen LogP contribution in [0, 0.1) is 11.6 Å². The van der Waals surface area contributed by atoms with Crippen molar-refractivity contribution in [3.63, 3.8) is 0 Å². The standard InChI is InChI=1S/C20H19F2N3O3S/c1-20(13-10-12(21)6-7-14(13)22)18(27)25(19(28)23-20)11-17(26)24-8-2-4-15(24)16-5-3-9-29-16/h3,5-7,9-10,15H,2,4,8,11H2,1H3,(H,23,28). The number of carbonyl (C=O) groups excluding carboxylic acids is 3. The smallest absolute Gasteiger partial charge is 0.325 e. The Kier molecular flexibility index (Phi) is 4.85. The topological polar surface area (TPSA) is 69.7 Å². The minimum atomic E-state index is -1.78. The number of hydrogen-bond donors (Lipinski definition) is 1. The molecule has 2 atom stereocenters. The molecule has 2 fully saturated rings. The first-order valence-corrected chi connectivity index (χ1v) is 10.1. The maximum atomic E-state index is 14.2. The SMILES string of the molecule is CC1(c2cc(F)ccc2F)NC(=O)N(CC(=O)N2CCCC2c2cccs2)C1=O. The molecule has 0 spiro atoms. The van der Waals surface area contributed by atoms with Crippen LogP contribution in [0.2, 0.25) is 0 Å². The first-order chi connectivity index (χ1) is 13.8. The molecule has 4 amide bonds. The van der Waals surface area contributed by atoms with Gasteiger partial charge in [-0.05, 0) is 49.4 Å². The Labute approximate surface area is 170 Å². The molecule has 4 rings (SSSR count). The number of nitrogens with zero attached hydrogens (tertiary/aromatic N) is 2. The number of imide groups is 1. The molecule has 6 nitrogen and oxygen atoms in total. The van der Waals surface area contributed by atoms with Crippen molar-refractivity contribution in [1.29, 1.82) is 0 Å². The van der Waals surface area contributed by atoms with Crippen LogP contribution in [-0.2, 0) is 15.1 Å². The van der Waals surface area contributed by atoms with Gasteiger partial charge in [0.15, 0.2) is 0 Å². The highest BCUT2D eigenvalue weighted by Crippen LogP contribution is 2.35. The van der Waals surface area contributed by atoms with Crippen molar-refractivity contribution < 1.29 is 23.2 Å². The van der Waals surface area contributed by atoms with Gasteiger partial charge in [0.1, 0.15) is 23.7 Å². The van der Waals surface area contributed by atoms with E-state index in [1.54, 1.807) is 16.2 Å². The van der Waals surface area contributed by atoms with Crippen LogP contribution < -0.4 is 5.32 Å². The molecule has 9 heteroatoms. The Morgan fingerprint density at radius 3 is 2.83 bits per heavy atom. The van der Waals surface area contributed by atoms with Crippen LogP contribution in [0.5, 0.6) is 0 Å². The average Bonchev–Trinajstić information content (AvgIpc) is 3.41. The molecule has 2 aliphatic rings. The fourth-order valence-corrected chi connectivity index (χ4v) is 4.85. The van der Waals surface area contributed by atoms with Crippen molar-refractivity contribution in [3.8, 4) is 0 Å². The molecule has 0 saturated carbocycles. The minimum absolute atomic E-state index is 0.0738. The number of thiophene rings is 1. The monoisotopic (exact) mass is 419 g/mol. The van der Waals surface area contributed by atoms with Crippen LogP contribution in [0.3, 0.4) is 0 Å². The van der Waals surface area contributed by atoms with Gasteiger partial charge < -0.3 is 10.2 Å². The molecular formula is C20H19F2N3O3S. The lowest BCUT2D eigenvalue weighted by atomic mass is 9.91. The molecule has 1 aromatic heterocycles. The highest BCUT2D eigenvalue weighted by molar-refractivity contribution is 7.10. The molecule has 29 heavy (non-hydrogen) atoms. The largest absolute Gasteiger partial charge is 0.333 e. The van der Waals surface area contributed by atoms with E-state index in [1.165, 1.54) is 6.92 Å². The molecule has 2 aliphatic heterocycles. The number of amides is 4. The maximum Gasteiger partial charge on any atom is 0.325 e. The fraction of sp³-hybridized carbons (Fsp3) is 0.350. The fourth-order valence-electron chi connectivity index (χ4n) is 3.97. The third-order valence-corrected chi connectivity index (χ3v) is 6.45. The van der Waals surface area contributed by atoms with Crippen LogP contribution in [-0.4, -0.2) is 40.7 Å². The lowest BCUT2D eigenvalue weighted by Gasteiger charge is -2.26. The second kappa shape index (κ2) is 7.22. The van der Waals surface area contributed by atoms with E-state index < -0.39 is 35.7 Å². The number of likely N-dealkylation sites (tertiary alicyclic amines) is 1. The molecule has 152 valence electrons. The molecule has 3 heterocycles. The van der Waals surface area contributed by atoms with Crippen LogP contribution in [0.1, 0.15) is 36.2 Å². The van der Waals surface area contributed by atoms with Crippen LogP contribution in [0.15, 0.2) is 35.7 Å². The van der Waals surface area contributed by atoms with Crippen molar-refractivity contribution in [1.82, 2.24) is 15.1 Å². The quantitative estimate of drug-likeness (QED) is 0.774. The Morgan fingerprint density at radius 1 is 1.31 bits per heavy atom. The summed E-state index contributed by atoms with van der Waals surface area (Å²) in [5.74, 6) is -2.68. The number of rotatable bonds is 4. The lowest BCUT2D eigenvalue weighted by molar-refractivity contribution is -0.139. The number of hydrogen-bond acceptors (Lipinski definition) is 4. The first kappa shape index (κ1) is 19.5. The summed E-state index contributed by atoms with van der Waals surface area (Å²) in [6.45, 7) is 1.40. The van der Waals surface area contributed by atoms with Gasteiger partial charge >= 0.3 is 6.03 Å². The summed E-state index contributed by atoms with van der Waals surface area (Å²) in [6, 6.07) is 5.71. The number of benzene rings is 1. The molecule has 1 aromatic carbocycles. The molecule has 1 N–H and O–H groups in total. The average molecular weight is 419 g/mol. The number of carbonyl (C=O) groups is 3. The van der Waals surface area contributed by atoms with E-state index in [0.717, 1.165) is 40.8 Å². The van der Waals surface area contributed by atoms with Gasteiger partial charge in [-0.15, -0.1) is 11.3 Å². The summed E-state index contributed by atoms with van der Waals surface area (Å²) >= 11 is 1.55. The lowest BCUT2D eigenvalue weighted by Crippen LogP contribution is -2.44. The molecule has 0 aliphatic carbocycles. The summed E-state index contributed by atoms with van der Waals surface area (Å²) in [5.41, 5.74) is -2.05. The zero-order valence-electron chi connectivity index (χ0n) is 15.7. The zero-order valence-corrected chi connectivity index (χ0v) is 16.5. The maximum absolute atomic E-state index is 14.2. The highest BCUT2D eigenvalue weighted by atomic mass is 32.1. The Morgan fingerprint density at radius 2 is 2.10 bits per heavy atom. The van der Waals surface area contributed by atoms with Gasteiger partial charge in [0.2, 0.25) is 5.91 Å². The van der Waals surface area contributed by atoms with E-state index in [9.17, 15) is 23.2 Å². The Balaban J connectivity index is 1.55. The van der Waals surface area contributed by atoms with Gasteiger partial charge in [-0.25, -0.2) is 13.6 Å². The van der Waals surface area contributed by atoms with Crippen molar-refractivity contribution in [2.45, 2.75) is 31.3 Å². The van der Waals surface area contributed by atoms with Gasteiger partial charge in [0.25, 0.3) is 5.91 Å². The van der Waals surface area contributed by atoms with Crippen molar-refractivity contribution in [2.75, 3.05) is 13.1 Å². The Bertz CT molecular complexity index is 981. The predicted octanol–water partition coefficient (Wildman–Crippen LogP) is 3.16. The van der Waals surface area contributed by atoms with E-state index in [1.807, 2.05) is 17.5 Å². The van der Waals surface area contributed by atoms with E-state index in [2.05, 4.69) is 5.32 Å². The van der Waals surface area contributed by atoms with Gasteiger partial charge in [-0.3, -0.25) is 14.5 Å². The van der Waals surface area contributed by atoms with E-state index in [4.69, 9.17) is 0 Å². The van der Waals surface area contributed by atoms with Crippen LogP contribution in [0.25, 0.3) is 0 Å². The molecular weight excluding hydrogens is 400 g/mol. The summed E-state index contributed by atoms with van der Waals surface area (Å²) in [5, 5.41) is 4.35. The zero-order chi connectivity index (χ0) is 20.8. The molecule has 2 saturated heterocycles. The number of halogens is 2. The molecule has 0 radical (unpaired) electrons. The van der Waals surface area contributed by atoms with Crippen molar-refractivity contribution >= 4 is 29.2 Å². The van der Waals surface area contributed by atoms with Crippen molar-refractivity contribution in [3.05, 3.63) is 57.8 Å². The van der Waals surface area contributed by atoms with Gasteiger partial charge in [0.05, 0.1) is 6.04 Å². The van der Waals surface area contributed by atoms with E-state index in [0.29, 0.717) is 6.54 Å². The first-order valence-electron chi connectivity index (χ1n) is 9.24. The molecule has 2 aromatic rings. The third-order valence-electron chi connectivity index (χ3n) is 5.48. The van der Waals surface area contributed by atoms with Crippen LogP contribution in [0.4, 0.5) is 13.6 Å². The molecule has 2 unspecified atom stereocenters. The summed E-state index contributed by atoms with van der Waals surface area (Å²) < 4.78 is 27.9. The predicted molar refractivity (Wildman–Crippen MR) is 102 cm³/mol.